The second-order valence-corrected chi connectivity index (χ2v) is 4.59. The summed E-state index contributed by atoms with van der Waals surface area (Å²) in [5, 5.41) is 13.7. The number of hydrogen-bond acceptors (Lipinski definition) is 3. The highest BCUT2D eigenvalue weighted by atomic mass is 16.6. The third-order valence-electron chi connectivity index (χ3n) is 3.55. The van der Waals surface area contributed by atoms with Gasteiger partial charge in [0.25, 0.3) is 5.69 Å². The van der Waals surface area contributed by atoms with Gasteiger partial charge in [0.1, 0.15) is 5.65 Å². The molecule has 0 aliphatic carbocycles. The first-order chi connectivity index (χ1) is 9.77. The summed E-state index contributed by atoms with van der Waals surface area (Å²) >= 11 is 0. The summed E-state index contributed by atoms with van der Waals surface area (Å²) in [6.07, 6.45) is 3.54. The Morgan fingerprint density at radius 3 is 2.65 bits per heavy atom. The summed E-state index contributed by atoms with van der Waals surface area (Å²) in [5.41, 5.74) is 1.73. The molecule has 0 aliphatic heterocycles. The van der Waals surface area contributed by atoms with Crippen LogP contribution in [0.4, 0.5) is 5.69 Å². The van der Waals surface area contributed by atoms with Gasteiger partial charge in [0.2, 0.25) is 0 Å². The number of hydrogen-bond donors (Lipinski definition) is 0. The van der Waals surface area contributed by atoms with Crippen LogP contribution in [0.5, 0.6) is 0 Å². The molecule has 0 radical (unpaired) electrons. The predicted molar refractivity (Wildman–Crippen MR) is 76.9 cm³/mol. The molecule has 0 fully saturated rings. The van der Waals surface area contributed by atoms with Gasteiger partial charge in [0.15, 0.2) is 0 Å². The molecular formula is C15H9N3O2. The first-order valence-corrected chi connectivity index (χ1v) is 6.18. The van der Waals surface area contributed by atoms with Gasteiger partial charge in [-0.3, -0.25) is 14.5 Å². The minimum absolute atomic E-state index is 0.120. The van der Waals surface area contributed by atoms with Crippen molar-refractivity contribution >= 4 is 33.0 Å². The number of nitro benzene ring substituents is 1. The highest BCUT2D eigenvalue weighted by Crippen LogP contribution is 2.34. The zero-order valence-corrected chi connectivity index (χ0v) is 10.4. The summed E-state index contributed by atoms with van der Waals surface area (Å²) in [5.74, 6) is 0. The lowest BCUT2D eigenvalue weighted by Gasteiger charge is -2.08. The van der Waals surface area contributed by atoms with Crippen LogP contribution < -0.4 is 0 Å². The van der Waals surface area contributed by atoms with Crippen molar-refractivity contribution in [3.8, 4) is 0 Å². The van der Waals surface area contributed by atoms with Crippen LogP contribution in [0.2, 0.25) is 0 Å². The van der Waals surface area contributed by atoms with Crippen LogP contribution in [0.1, 0.15) is 0 Å². The molecule has 0 spiro atoms. The standard InChI is InChI=1S/C15H9N3O2/c19-18(20)13-7-3-6-12-14(13)10-4-1-2-5-11(10)15-16-8-9-17(12)15/h1-9H. The van der Waals surface area contributed by atoms with E-state index in [2.05, 4.69) is 4.98 Å². The monoisotopic (exact) mass is 263 g/mol. The Hall–Kier alpha value is -2.95. The molecule has 5 heteroatoms. The van der Waals surface area contributed by atoms with Crippen LogP contribution in [-0.4, -0.2) is 14.3 Å². The maximum absolute atomic E-state index is 11.3. The molecule has 4 rings (SSSR count). The third-order valence-corrected chi connectivity index (χ3v) is 3.55. The molecule has 0 bridgehead atoms. The summed E-state index contributed by atoms with van der Waals surface area (Å²) < 4.78 is 1.89. The lowest BCUT2D eigenvalue weighted by molar-refractivity contribution is -0.383. The van der Waals surface area contributed by atoms with E-state index in [9.17, 15) is 10.1 Å². The summed E-state index contributed by atoms with van der Waals surface area (Å²) in [7, 11) is 0. The number of nitro groups is 1. The van der Waals surface area contributed by atoms with Gasteiger partial charge in [-0.25, -0.2) is 4.98 Å². The van der Waals surface area contributed by atoms with Crippen molar-refractivity contribution in [1.29, 1.82) is 0 Å². The van der Waals surface area contributed by atoms with E-state index in [0.717, 1.165) is 21.9 Å². The molecule has 2 aromatic carbocycles. The number of non-ortho nitro benzene ring substituents is 1. The normalized spacial score (nSPS) is 11.4. The van der Waals surface area contributed by atoms with E-state index >= 15 is 0 Å². The Kier molecular flexibility index (Phi) is 2.06. The smallest absolute Gasteiger partial charge is 0.279 e. The van der Waals surface area contributed by atoms with Crippen LogP contribution >= 0.6 is 0 Å². The van der Waals surface area contributed by atoms with Crippen LogP contribution in [0, 0.1) is 10.1 Å². The largest absolute Gasteiger partial charge is 0.299 e. The molecule has 5 nitrogen and oxygen atoms in total. The van der Waals surface area contributed by atoms with Gasteiger partial charge in [-0.2, -0.15) is 0 Å². The number of pyridine rings is 1. The maximum atomic E-state index is 11.3. The number of imidazole rings is 1. The second kappa shape index (κ2) is 3.77. The summed E-state index contributed by atoms with van der Waals surface area (Å²) in [4.78, 5) is 15.3. The van der Waals surface area contributed by atoms with Gasteiger partial charge in [0.05, 0.1) is 15.8 Å². The molecule has 0 unspecified atom stereocenters. The van der Waals surface area contributed by atoms with Crippen LogP contribution in [0.25, 0.3) is 27.3 Å². The lowest BCUT2D eigenvalue weighted by Crippen LogP contribution is -1.95. The van der Waals surface area contributed by atoms with E-state index in [1.807, 2.05) is 40.9 Å². The zero-order chi connectivity index (χ0) is 13.7. The first-order valence-electron chi connectivity index (χ1n) is 6.18. The molecule has 0 saturated carbocycles. The number of fused-ring (bicyclic) bond motifs is 6. The van der Waals surface area contributed by atoms with E-state index in [1.165, 1.54) is 6.07 Å². The molecule has 2 aromatic heterocycles. The molecule has 2 heterocycles. The van der Waals surface area contributed by atoms with Gasteiger partial charge in [-0.15, -0.1) is 0 Å². The Morgan fingerprint density at radius 2 is 1.85 bits per heavy atom. The molecule has 0 aliphatic rings. The highest BCUT2D eigenvalue weighted by molar-refractivity contribution is 6.15. The van der Waals surface area contributed by atoms with E-state index in [1.54, 1.807) is 12.3 Å². The second-order valence-electron chi connectivity index (χ2n) is 4.59. The fraction of sp³-hybridized carbons (Fsp3) is 0. The van der Waals surface area contributed by atoms with Crippen molar-refractivity contribution in [2.45, 2.75) is 0 Å². The zero-order valence-electron chi connectivity index (χ0n) is 10.4. The van der Waals surface area contributed by atoms with Crippen molar-refractivity contribution in [1.82, 2.24) is 9.38 Å². The predicted octanol–water partition coefficient (Wildman–Crippen LogP) is 3.55. The average Bonchev–Trinajstić information content (AvgIpc) is 2.96. The molecular weight excluding hydrogens is 254 g/mol. The molecule has 20 heavy (non-hydrogen) atoms. The van der Waals surface area contributed by atoms with E-state index in [4.69, 9.17) is 0 Å². The lowest BCUT2D eigenvalue weighted by atomic mass is 10.0. The van der Waals surface area contributed by atoms with Crippen LogP contribution in [0.3, 0.4) is 0 Å². The Morgan fingerprint density at radius 1 is 1.05 bits per heavy atom. The molecule has 0 N–H and O–H groups in total. The maximum Gasteiger partial charge on any atom is 0.279 e. The first kappa shape index (κ1) is 10.9. The molecule has 96 valence electrons. The van der Waals surface area contributed by atoms with Crippen molar-refractivity contribution in [3.05, 3.63) is 65.0 Å². The average molecular weight is 263 g/mol. The Balaban J connectivity index is 2.43. The quantitative estimate of drug-likeness (QED) is 0.300. The van der Waals surface area contributed by atoms with E-state index in [-0.39, 0.29) is 10.6 Å². The SMILES string of the molecule is O=[N+]([O-])c1cccc2c1c1ccccc1c1nccn21. The topological polar surface area (TPSA) is 60.4 Å². The van der Waals surface area contributed by atoms with E-state index < -0.39 is 0 Å². The number of benzene rings is 2. The van der Waals surface area contributed by atoms with Gasteiger partial charge in [-0.1, -0.05) is 30.3 Å². The number of rotatable bonds is 1. The third kappa shape index (κ3) is 1.29. The van der Waals surface area contributed by atoms with Crippen molar-refractivity contribution in [2.75, 3.05) is 0 Å². The van der Waals surface area contributed by atoms with Crippen molar-refractivity contribution in [2.24, 2.45) is 0 Å². The molecule has 0 atom stereocenters. The fourth-order valence-electron chi connectivity index (χ4n) is 2.75. The van der Waals surface area contributed by atoms with Crippen molar-refractivity contribution < 1.29 is 4.92 Å². The summed E-state index contributed by atoms with van der Waals surface area (Å²) in [6, 6.07) is 12.8. The minimum Gasteiger partial charge on any atom is -0.299 e. The highest BCUT2D eigenvalue weighted by Gasteiger charge is 2.17. The van der Waals surface area contributed by atoms with Crippen molar-refractivity contribution in [3.63, 3.8) is 0 Å². The molecule has 4 aromatic rings. The Bertz CT molecular complexity index is 988. The fourth-order valence-corrected chi connectivity index (χ4v) is 2.75. The Labute approximate surface area is 113 Å². The van der Waals surface area contributed by atoms with Gasteiger partial charge >= 0.3 is 0 Å². The minimum atomic E-state index is -0.336. The molecule has 0 saturated heterocycles. The van der Waals surface area contributed by atoms with Gasteiger partial charge in [-0.05, 0) is 6.07 Å². The van der Waals surface area contributed by atoms with Crippen LogP contribution in [-0.2, 0) is 0 Å². The van der Waals surface area contributed by atoms with Gasteiger partial charge < -0.3 is 0 Å². The van der Waals surface area contributed by atoms with Gasteiger partial charge in [0, 0.05) is 29.2 Å². The van der Waals surface area contributed by atoms with E-state index in [0.29, 0.717) is 5.39 Å². The number of nitrogens with zero attached hydrogens (tertiary/aromatic N) is 3. The summed E-state index contributed by atoms with van der Waals surface area (Å²) in [6.45, 7) is 0. The number of aromatic nitrogens is 2. The molecule has 0 amide bonds. The van der Waals surface area contributed by atoms with Crippen LogP contribution in [0.15, 0.2) is 54.9 Å².